The van der Waals surface area contributed by atoms with Crippen molar-refractivity contribution in [3.63, 3.8) is 0 Å². The number of hydroxylamine groups is 1. The predicted molar refractivity (Wildman–Crippen MR) is 111 cm³/mol. The molecule has 0 radical (unpaired) electrons. The zero-order valence-electron chi connectivity index (χ0n) is 15.9. The smallest absolute Gasteiger partial charge is 0.264 e. The summed E-state index contributed by atoms with van der Waals surface area (Å²) < 4.78 is 33.7. The molecule has 1 aliphatic heterocycles. The number of carbonyl (C=O) groups excluding carboxylic acids is 1. The number of benzene rings is 3. The quantitative estimate of drug-likeness (QED) is 0.483. The number of hydrogen-bond donors (Lipinski definition) is 2. The Hall–Kier alpha value is -3.36. The summed E-state index contributed by atoms with van der Waals surface area (Å²) in [6.07, 6.45) is 0.178. The molecule has 1 unspecified atom stereocenters. The minimum Gasteiger partial charge on any atom is -0.457 e. The highest BCUT2D eigenvalue weighted by Crippen LogP contribution is 2.36. The van der Waals surface area contributed by atoms with E-state index >= 15 is 0 Å². The van der Waals surface area contributed by atoms with Gasteiger partial charge in [0.05, 0.1) is 23.0 Å². The van der Waals surface area contributed by atoms with Gasteiger partial charge in [-0.05, 0) is 54.4 Å². The SMILES string of the molecule is O=C(CC1Cc2ccccc2S(=O)(=O)N1c1ccc(Oc2ccccc2)cc1)NO. The first-order valence-corrected chi connectivity index (χ1v) is 10.8. The van der Waals surface area contributed by atoms with Crippen molar-refractivity contribution in [2.75, 3.05) is 4.31 Å². The predicted octanol–water partition coefficient (Wildman–Crippen LogP) is 3.49. The van der Waals surface area contributed by atoms with Gasteiger partial charge in [0, 0.05) is 0 Å². The van der Waals surface area contributed by atoms with Gasteiger partial charge in [-0.15, -0.1) is 0 Å². The van der Waals surface area contributed by atoms with Gasteiger partial charge in [-0.1, -0.05) is 36.4 Å². The van der Waals surface area contributed by atoms with Crippen LogP contribution in [-0.2, 0) is 21.2 Å². The van der Waals surface area contributed by atoms with Gasteiger partial charge in [-0.2, -0.15) is 0 Å². The van der Waals surface area contributed by atoms with Crippen LogP contribution in [0.15, 0.2) is 83.8 Å². The summed E-state index contributed by atoms with van der Waals surface area (Å²) in [5, 5.41) is 8.94. The molecule has 0 saturated heterocycles. The van der Waals surface area contributed by atoms with E-state index in [0.29, 0.717) is 29.2 Å². The van der Waals surface area contributed by atoms with E-state index in [1.54, 1.807) is 54.0 Å². The van der Waals surface area contributed by atoms with Gasteiger partial charge in [0.25, 0.3) is 10.0 Å². The average Bonchev–Trinajstić information content (AvgIpc) is 2.75. The van der Waals surface area contributed by atoms with E-state index in [9.17, 15) is 13.2 Å². The number of hydrogen-bond acceptors (Lipinski definition) is 5. The molecule has 154 valence electrons. The first kappa shape index (κ1) is 19.9. The van der Waals surface area contributed by atoms with Crippen LogP contribution in [-0.4, -0.2) is 25.6 Å². The number of ether oxygens (including phenoxy) is 1. The number of para-hydroxylation sites is 1. The van der Waals surface area contributed by atoms with Gasteiger partial charge in [-0.25, -0.2) is 13.9 Å². The van der Waals surface area contributed by atoms with Crippen LogP contribution in [0.5, 0.6) is 11.5 Å². The highest BCUT2D eigenvalue weighted by Gasteiger charge is 2.39. The molecule has 1 aliphatic rings. The first-order valence-electron chi connectivity index (χ1n) is 9.37. The van der Waals surface area contributed by atoms with Crippen LogP contribution in [0.2, 0.25) is 0 Å². The zero-order valence-corrected chi connectivity index (χ0v) is 16.7. The van der Waals surface area contributed by atoms with Crippen molar-refractivity contribution in [2.24, 2.45) is 0 Å². The Kier molecular flexibility index (Phi) is 5.43. The molecule has 1 atom stereocenters. The van der Waals surface area contributed by atoms with Crippen LogP contribution in [0, 0.1) is 0 Å². The molecular weight excluding hydrogens is 404 g/mol. The maximum absolute atomic E-state index is 13.4. The molecule has 0 aliphatic carbocycles. The lowest BCUT2D eigenvalue weighted by Gasteiger charge is -2.37. The van der Waals surface area contributed by atoms with Crippen molar-refractivity contribution in [1.29, 1.82) is 0 Å². The van der Waals surface area contributed by atoms with E-state index in [1.807, 2.05) is 30.3 Å². The van der Waals surface area contributed by atoms with E-state index in [-0.39, 0.29) is 11.3 Å². The van der Waals surface area contributed by atoms with Gasteiger partial charge in [0.2, 0.25) is 5.91 Å². The molecule has 2 N–H and O–H groups in total. The minimum atomic E-state index is -3.88. The highest BCUT2D eigenvalue weighted by molar-refractivity contribution is 7.93. The summed E-state index contributed by atoms with van der Waals surface area (Å²) in [7, 11) is -3.88. The standard InChI is InChI=1S/C22H20N2O5S/c25-22(23-26)15-18-14-16-6-4-5-9-21(16)30(27,28)24(18)17-10-12-20(13-11-17)29-19-7-2-1-3-8-19/h1-13,18,26H,14-15H2,(H,23,25). The first-order chi connectivity index (χ1) is 14.5. The fourth-order valence-corrected chi connectivity index (χ4v) is 5.50. The van der Waals surface area contributed by atoms with Crippen molar-refractivity contribution in [3.8, 4) is 11.5 Å². The molecule has 7 nitrogen and oxygen atoms in total. The molecule has 4 rings (SSSR count). The summed E-state index contributed by atoms with van der Waals surface area (Å²) in [6, 6.07) is 22.0. The number of nitrogens with one attached hydrogen (secondary N) is 1. The third-order valence-corrected chi connectivity index (χ3v) is 6.89. The second kappa shape index (κ2) is 8.17. The van der Waals surface area contributed by atoms with Crippen LogP contribution in [0.1, 0.15) is 12.0 Å². The number of sulfonamides is 1. The van der Waals surface area contributed by atoms with Crippen molar-refractivity contribution >= 4 is 21.6 Å². The Morgan fingerprint density at radius 2 is 1.60 bits per heavy atom. The van der Waals surface area contributed by atoms with E-state index < -0.39 is 22.0 Å². The number of amides is 1. The Labute approximate surface area is 174 Å². The topological polar surface area (TPSA) is 95.9 Å². The second-order valence-electron chi connectivity index (χ2n) is 6.91. The molecule has 0 spiro atoms. The number of anilines is 1. The molecular formula is C22H20N2O5S. The van der Waals surface area contributed by atoms with Gasteiger partial charge >= 0.3 is 0 Å². The lowest BCUT2D eigenvalue weighted by molar-refractivity contribution is -0.129. The number of fused-ring (bicyclic) bond motifs is 1. The molecule has 0 bridgehead atoms. The van der Waals surface area contributed by atoms with E-state index in [1.165, 1.54) is 4.31 Å². The summed E-state index contributed by atoms with van der Waals surface area (Å²) >= 11 is 0. The van der Waals surface area contributed by atoms with Crippen molar-refractivity contribution in [2.45, 2.75) is 23.8 Å². The van der Waals surface area contributed by atoms with Gasteiger partial charge in [-0.3, -0.25) is 14.3 Å². The molecule has 1 amide bonds. The van der Waals surface area contributed by atoms with E-state index in [2.05, 4.69) is 0 Å². The van der Waals surface area contributed by atoms with E-state index in [4.69, 9.17) is 9.94 Å². The maximum Gasteiger partial charge on any atom is 0.264 e. The van der Waals surface area contributed by atoms with Gasteiger partial charge in [0.15, 0.2) is 0 Å². The normalized spacial score (nSPS) is 17.1. The van der Waals surface area contributed by atoms with E-state index in [0.717, 1.165) is 0 Å². The van der Waals surface area contributed by atoms with Crippen LogP contribution in [0.25, 0.3) is 0 Å². The molecule has 0 fully saturated rings. The molecule has 8 heteroatoms. The Bertz CT molecular complexity index is 1150. The molecule has 0 aromatic heterocycles. The average molecular weight is 424 g/mol. The van der Waals surface area contributed by atoms with Crippen LogP contribution in [0.4, 0.5) is 5.69 Å². The molecule has 3 aromatic rings. The largest absolute Gasteiger partial charge is 0.457 e. The van der Waals surface area contributed by atoms with Gasteiger partial charge in [0.1, 0.15) is 11.5 Å². The molecule has 1 heterocycles. The lowest BCUT2D eigenvalue weighted by atomic mass is 10.0. The van der Waals surface area contributed by atoms with Crippen molar-refractivity contribution < 1.29 is 23.2 Å². The monoisotopic (exact) mass is 424 g/mol. The fourth-order valence-electron chi connectivity index (χ4n) is 3.61. The molecule has 3 aromatic carbocycles. The van der Waals surface area contributed by atoms with Crippen LogP contribution < -0.4 is 14.5 Å². The highest BCUT2D eigenvalue weighted by atomic mass is 32.2. The lowest BCUT2D eigenvalue weighted by Crippen LogP contribution is -2.47. The second-order valence-corrected chi connectivity index (χ2v) is 8.70. The number of carbonyl (C=O) groups is 1. The van der Waals surface area contributed by atoms with Crippen LogP contribution in [0.3, 0.4) is 0 Å². The summed E-state index contributed by atoms with van der Waals surface area (Å²) in [5.74, 6) is 0.579. The van der Waals surface area contributed by atoms with Gasteiger partial charge < -0.3 is 4.74 Å². The Balaban J connectivity index is 1.69. The van der Waals surface area contributed by atoms with Crippen molar-refractivity contribution in [1.82, 2.24) is 5.48 Å². The number of nitrogens with zero attached hydrogens (tertiary/aromatic N) is 1. The summed E-state index contributed by atoms with van der Waals surface area (Å²) in [4.78, 5) is 12.1. The Morgan fingerprint density at radius 1 is 0.967 bits per heavy atom. The third kappa shape index (κ3) is 3.87. The van der Waals surface area contributed by atoms with Crippen molar-refractivity contribution in [3.05, 3.63) is 84.4 Å². The van der Waals surface area contributed by atoms with Crippen LogP contribution >= 0.6 is 0 Å². The molecule has 0 saturated carbocycles. The Morgan fingerprint density at radius 3 is 2.30 bits per heavy atom. The summed E-state index contributed by atoms with van der Waals surface area (Å²) in [6.45, 7) is 0. The number of rotatable bonds is 5. The molecule has 30 heavy (non-hydrogen) atoms. The minimum absolute atomic E-state index is 0.174. The third-order valence-electron chi connectivity index (χ3n) is 4.91. The fraction of sp³-hybridized carbons (Fsp3) is 0.136. The zero-order chi connectivity index (χ0) is 21.1. The maximum atomic E-state index is 13.4. The summed E-state index contributed by atoms with van der Waals surface area (Å²) in [5.41, 5.74) is 2.66.